The molecule has 5 rings (SSSR count). The molecular weight excluding hydrogens is 362 g/mol. The van der Waals surface area contributed by atoms with Crippen molar-refractivity contribution in [3.8, 4) is 0 Å². The monoisotopic (exact) mass is 377 g/mol. The Morgan fingerprint density at radius 1 is 0.586 bits per heavy atom. The second kappa shape index (κ2) is 6.53. The third-order valence-corrected chi connectivity index (χ3v) is 5.19. The summed E-state index contributed by atoms with van der Waals surface area (Å²) in [4.78, 5) is 38.2. The number of hydrogen-bond acceptors (Lipinski definition) is 3. The molecule has 0 atom stereocenters. The highest BCUT2D eigenvalue weighted by Crippen LogP contribution is 2.29. The van der Waals surface area contributed by atoms with Gasteiger partial charge >= 0.3 is 0 Å². The maximum absolute atomic E-state index is 12.8. The summed E-state index contributed by atoms with van der Waals surface area (Å²) in [5, 5.41) is 4.86. The number of hydrogen-bond donors (Lipinski definition) is 1. The van der Waals surface area contributed by atoms with Crippen LogP contribution in [0.15, 0.2) is 84.9 Å². The molecule has 29 heavy (non-hydrogen) atoms. The first-order chi connectivity index (χ1) is 14.1. The van der Waals surface area contributed by atoms with E-state index < -0.39 is 0 Å². The number of carbonyl (C=O) groups excluding carboxylic acids is 3. The number of anilines is 1. The molecule has 1 aliphatic carbocycles. The van der Waals surface area contributed by atoms with E-state index in [9.17, 15) is 14.4 Å². The number of ketones is 2. The van der Waals surface area contributed by atoms with E-state index in [1.807, 2.05) is 36.4 Å². The van der Waals surface area contributed by atoms with Gasteiger partial charge in [0, 0.05) is 33.5 Å². The molecule has 1 N–H and O–H groups in total. The Bertz CT molecular complexity index is 1340. The van der Waals surface area contributed by atoms with Crippen LogP contribution in [0, 0.1) is 0 Å². The van der Waals surface area contributed by atoms with Gasteiger partial charge in [-0.15, -0.1) is 0 Å². The van der Waals surface area contributed by atoms with E-state index in [1.165, 1.54) is 0 Å². The Hall–Kier alpha value is -4.05. The molecule has 1 aliphatic rings. The summed E-state index contributed by atoms with van der Waals surface area (Å²) < 4.78 is 0. The van der Waals surface area contributed by atoms with Crippen molar-refractivity contribution in [2.24, 2.45) is 0 Å². The van der Waals surface area contributed by atoms with Crippen LogP contribution in [0.3, 0.4) is 0 Å². The number of fused-ring (bicyclic) bond motifs is 3. The van der Waals surface area contributed by atoms with Gasteiger partial charge in [0.2, 0.25) is 0 Å². The third-order valence-electron chi connectivity index (χ3n) is 5.19. The quantitative estimate of drug-likeness (QED) is 0.477. The normalized spacial score (nSPS) is 12.4. The van der Waals surface area contributed by atoms with Gasteiger partial charge in [-0.25, -0.2) is 0 Å². The van der Waals surface area contributed by atoms with Crippen LogP contribution < -0.4 is 5.32 Å². The maximum Gasteiger partial charge on any atom is 0.255 e. The second-order valence-corrected chi connectivity index (χ2v) is 6.98. The standard InChI is InChI=1S/C25H15NO3/c27-23-19-7-3-4-8-20(19)24(28)22-14-18(11-12-21(22)23)26-25(29)17-10-9-15-5-1-2-6-16(15)13-17/h1-14H,(H,26,29). The smallest absolute Gasteiger partial charge is 0.255 e. The van der Waals surface area contributed by atoms with Gasteiger partial charge < -0.3 is 5.32 Å². The molecule has 138 valence electrons. The topological polar surface area (TPSA) is 63.2 Å². The fraction of sp³-hybridized carbons (Fsp3) is 0. The summed E-state index contributed by atoms with van der Waals surface area (Å²) in [5.41, 5.74) is 2.47. The molecule has 0 radical (unpaired) electrons. The number of carbonyl (C=O) groups is 3. The van der Waals surface area contributed by atoms with Crippen molar-refractivity contribution in [3.05, 3.63) is 113 Å². The van der Waals surface area contributed by atoms with Gasteiger partial charge in [-0.3, -0.25) is 14.4 Å². The van der Waals surface area contributed by atoms with Crippen LogP contribution in [0.4, 0.5) is 5.69 Å². The van der Waals surface area contributed by atoms with E-state index in [2.05, 4.69) is 5.32 Å². The van der Waals surface area contributed by atoms with Crippen LogP contribution in [-0.4, -0.2) is 17.5 Å². The molecule has 0 saturated heterocycles. The lowest BCUT2D eigenvalue weighted by Gasteiger charge is -2.18. The minimum absolute atomic E-state index is 0.178. The zero-order chi connectivity index (χ0) is 20.0. The van der Waals surface area contributed by atoms with Crippen molar-refractivity contribution < 1.29 is 14.4 Å². The minimum Gasteiger partial charge on any atom is -0.322 e. The Kier molecular flexibility index (Phi) is 3.85. The second-order valence-electron chi connectivity index (χ2n) is 6.98. The highest BCUT2D eigenvalue weighted by atomic mass is 16.2. The van der Waals surface area contributed by atoms with Crippen molar-refractivity contribution in [3.63, 3.8) is 0 Å². The van der Waals surface area contributed by atoms with Crippen molar-refractivity contribution in [1.82, 2.24) is 0 Å². The molecule has 0 heterocycles. The van der Waals surface area contributed by atoms with Crippen molar-refractivity contribution in [1.29, 1.82) is 0 Å². The van der Waals surface area contributed by atoms with Crippen molar-refractivity contribution in [2.45, 2.75) is 0 Å². The molecule has 4 heteroatoms. The van der Waals surface area contributed by atoms with Gasteiger partial charge in [-0.2, -0.15) is 0 Å². The highest BCUT2D eigenvalue weighted by Gasteiger charge is 2.29. The van der Waals surface area contributed by atoms with Gasteiger partial charge in [0.25, 0.3) is 5.91 Å². The van der Waals surface area contributed by atoms with E-state index in [4.69, 9.17) is 0 Å². The summed E-state index contributed by atoms with van der Waals surface area (Å²) >= 11 is 0. The first-order valence-corrected chi connectivity index (χ1v) is 9.24. The Morgan fingerprint density at radius 2 is 1.21 bits per heavy atom. The lowest BCUT2D eigenvalue weighted by Crippen LogP contribution is -2.21. The van der Waals surface area contributed by atoms with E-state index in [0.717, 1.165) is 10.8 Å². The van der Waals surface area contributed by atoms with Crippen LogP contribution in [0.1, 0.15) is 42.2 Å². The lowest BCUT2D eigenvalue weighted by atomic mass is 9.84. The predicted octanol–water partition coefficient (Wildman–Crippen LogP) is 4.87. The van der Waals surface area contributed by atoms with Gasteiger partial charge in [-0.1, -0.05) is 54.6 Å². The number of rotatable bonds is 2. The third kappa shape index (κ3) is 2.82. The first-order valence-electron chi connectivity index (χ1n) is 9.24. The van der Waals surface area contributed by atoms with Crippen LogP contribution in [0.5, 0.6) is 0 Å². The van der Waals surface area contributed by atoms with Crippen LogP contribution >= 0.6 is 0 Å². The molecule has 0 saturated carbocycles. The molecule has 0 aliphatic heterocycles. The highest BCUT2D eigenvalue weighted by molar-refractivity contribution is 6.28. The van der Waals surface area contributed by atoms with Gasteiger partial charge in [0.1, 0.15) is 0 Å². The fourth-order valence-corrected chi connectivity index (χ4v) is 3.71. The Morgan fingerprint density at radius 3 is 1.97 bits per heavy atom. The SMILES string of the molecule is O=C(Nc1ccc2c(c1)C(=O)c1ccccc1C2=O)c1ccc2ccccc2c1. The van der Waals surface area contributed by atoms with E-state index in [-0.39, 0.29) is 17.5 Å². The largest absolute Gasteiger partial charge is 0.322 e. The number of amides is 1. The molecule has 4 nitrogen and oxygen atoms in total. The summed E-state index contributed by atoms with van der Waals surface area (Å²) in [7, 11) is 0. The molecule has 0 bridgehead atoms. The summed E-state index contributed by atoms with van der Waals surface area (Å²) in [6, 6.07) is 24.9. The van der Waals surface area contributed by atoms with Crippen LogP contribution in [0.2, 0.25) is 0 Å². The number of benzene rings is 4. The summed E-state index contributed by atoms with van der Waals surface area (Å²) in [6.45, 7) is 0. The van der Waals surface area contributed by atoms with Crippen molar-refractivity contribution >= 4 is 33.9 Å². The fourth-order valence-electron chi connectivity index (χ4n) is 3.71. The zero-order valence-electron chi connectivity index (χ0n) is 15.3. The average molecular weight is 377 g/mol. The van der Waals surface area contributed by atoms with Gasteiger partial charge in [-0.05, 0) is 41.1 Å². The predicted molar refractivity (Wildman–Crippen MR) is 112 cm³/mol. The molecule has 4 aromatic carbocycles. The first kappa shape index (κ1) is 17.1. The molecule has 0 unspecified atom stereocenters. The molecule has 0 fully saturated rings. The van der Waals surface area contributed by atoms with Crippen LogP contribution in [0.25, 0.3) is 10.8 Å². The molecule has 0 spiro atoms. The Labute approximate surface area is 166 Å². The molecule has 1 amide bonds. The minimum atomic E-state index is -0.273. The van der Waals surface area contributed by atoms with E-state index in [0.29, 0.717) is 33.5 Å². The lowest BCUT2D eigenvalue weighted by molar-refractivity contribution is 0.0979. The number of nitrogens with one attached hydrogen (secondary N) is 1. The van der Waals surface area contributed by atoms with Crippen molar-refractivity contribution in [2.75, 3.05) is 5.32 Å². The molecule has 4 aromatic rings. The summed E-state index contributed by atoms with van der Waals surface area (Å²) in [6.07, 6.45) is 0. The van der Waals surface area contributed by atoms with E-state index in [1.54, 1.807) is 48.5 Å². The van der Waals surface area contributed by atoms with E-state index >= 15 is 0 Å². The Balaban J connectivity index is 1.47. The average Bonchev–Trinajstić information content (AvgIpc) is 2.77. The molecular formula is C25H15NO3. The maximum atomic E-state index is 12.8. The zero-order valence-corrected chi connectivity index (χ0v) is 15.3. The van der Waals surface area contributed by atoms with Crippen LogP contribution in [-0.2, 0) is 0 Å². The van der Waals surface area contributed by atoms with Gasteiger partial charge in [0.05, 0.1) is 0 Å². The van der Waals surface area contributed by atoms with Gasteiger partial charge in [0.15, 0.2) is 11.6 Å². The summed E-state index contributed by atoms with van der Waals surface area (Å²) in [5.74, 6) is -0.662. The molecule has 0 aromatic heterocycles.